The average Bonchev–Trinajstić information content (AvgIpc) is 3.59. The summed E-state index contributed by atoms with van der Waals surface area (Å²) in [6.45, 7) is 0. The van der Waals surface area contributed by atoms with Gasteiger partial charge in [0.15, 0.2) is 0 Å². The number of amidine groups is 1. The van der Waals surface area contributed by atoms with E-state index >= 15 is 0 Å². The average molecular weight is 758 g/mol. The van der Waals surface area contributed by atoms with Crippen LogP contribution in [0.15, 0.2) is 217 Å². The maximum Gasteiger partial charge on any atom is 0.147 e. The number of nitrogens with one attached hydrogen (secondary N) is 1. The van der Waals surface area contributed by atoms with Gasteiger partial charge in [0.1, 0.15) is 23.5 Å². The number of para-hydroxylation sites is 2. The molecule has 1 spiro atoms. The molecule has 0 saturated heterocycles. The van der Waals surface area contributed by atoms with Crippen LogP contribution in [0.25, 0.3) is 44.5 Å². The first kappa shape index (κ1) is 34.5. The summed E-state index contributed by atoms with van der Waals surface area (Å²) in [4.78, 5) is 5.02. The lowest BCUT2D eigenvalue weighted by atomic mass is 9.66. The normalized spacial score (nSPS) is 15.7. The second kappa shape index (κ2) is 14.0. The molecule has 2 heterocycles. The van der Waals surface area contributed by atoms with E-state index in [1.165, 1.54) is 38.9 Å². The number of hydrogen-bond acceptors (Lipinski definition) is 3. The van der Waals surface area contributed by atoms with Crippen molar-refractivity contribution in [3.63, 3.8) is 0 Å². The molecule has 3 N–H and O–H groups in total. The summed E-state index contributed by atoms with van der Waals surface area (Å²) in [5.41, 5.74) is 23.5. The third-order valence-corrected chi connectivity index (χ3v) is 12.0. The number of benzene rings is 8. The van der Waals surface area contributed by atoms with Crippen LogP contribution >= 0.6 is 0 Å². The topological polar surface area (TPSA) is 59.6 Å². The second-order valence-corrected chi connectivity index (χ2v) is 15.3. The van der Waals surface area contributed by atoms with Crippen molar-refractivity contribution in [2.24, 2.45) is 10.7 Å². The van der Waals surface area contributed by atoms with E-state index in [4.69, 9.17) is 15.5 Å². The highest BCUT2D eigenvalue weighted by atomic mass is 16.5. The van der Waals surface area contributed by atoms with Gasteiger partial charge in [-0.05, 0) is 91.5 Å². The molecule has 1 atom stereocenters. The minimum Gasteiger partial charge on any atom is -0.457 e. The molecule has 8 aromatic rings. The number of fused-ring (bicyclic) bond motifs is 9. The molecule has 8 aromatic carbocycles. The molecule has 0 radical (unpaired) electrons. The van der Waals surface area contributed by atoms with Crippen molar-refractivity contribution in [3.8, 4) is 44.9 Å². The predicted molar refractivity (Wildman–Crippen MR) is 241 cm³/mol. The van der Waals surface area contributed by atoms with Crippen LogP contribution in [0.3, 0.4) is 0 Å². The monoisotopic (exact) mass is 757 g/mol. The van der Waals surface area contributed by atoms with E-state index in [9.17, 15) is 0 Å². The van der Waals surface area contributed by atoms with Gasteiger partial charge in [-0.15, -0.1) is 0 Å². The fourth-order valence-corrected chi connectivity index (χ4v) is 9.28. The molecule has 0 amide bonds. The Bertz CT molecular complexity index is 2950. The van der Waals surface area contributed by atoms with Crippen LogP contribution in [0.1, 0.15) is 38.9 Å². The maximum atomic E-state index is 6.75. The molecular formula is C55H39N3O. The summed E-state index contributed by atoms with van der Waals surface area (Å²) in [7, 11) is 0. The fourth-order valence-electron chi connectivity index (χ4n) is 9.28. The van der Waals surface area contributed by atoms with Crippen molar-refractivity contribution in [2.75, 3.05) is 0 Å². The molecule has 4 nitrogen and oxygen atoms in total. The molecule has 3 aliphatic rings. The van der Waals surface area contributed by atoms with Gasteiger partial charge in [-0.2, -0.15) is 0 Å². The first-order valence-corrected chi connectivity index (χ1v) is 20.1. The van der Waals surface area contributed by atoms with Gasteiger partial charge in [-0.25, -0.2) is 4.99 Å². The summed E-state index contributed by atoms with van der Waals surface area (Å²) in [6.07, 6.45) is 3.91. The van der Waals surface area contributed by atoms with Crippen LogP contribution in [-0.2, 0) is 5.41 Å². The summed E-state index contributed by atoms with van der Waals surface area (Å²) < 4.78 is 6.55. The Morgan fingerprint density at radius 1 is 0.475 bits per heavy atom. The number of aliphatic imine (C=N–C) groups is 1. The summed E-state index contributed by atoms with van der Waals surface area (Å²) in [5.74, 6) is 2.27. The molecule has 4 heteroatoms. The van der Waals surface area contributed by atoms with E-state index in [0.29, 0.717) is 5.84 Å². The lowest BCUT2D eigenvalue weighted by molar-refractivity contribution is 0.436. The molecule has 1 unspecified atom stereocenters. The smallest absolute Gasteiger partial charge is 0.147 e. The van der Waals surface area contributed by atoms with Crippen LogP contribution in [0.5, 0.6) is 11.5 Å². The maximum absolute atomic E-state index is 6.75. The number of ether oxygens (including phenoxy) is 1. The Morgan fingerprint density at radius 3 is 1.73 bits per heavy atom. The van der Waals surface area contributed by atoms with Crippen molar-refractivity contribution < 1.29 is 4.74 Å². The van der Waals surface area contributed by atoms with Crippen molar-refractivity contribution in [3.05, 3.63) is 251 Å². The summed E-state index contributed by atoms with van der Waals surface area (Å²) in [5, 5.41) is 3.52. The quantitative estimate of drug-likeness (QED) is 0.131. The highest BCUT2D eigenvalue weighted by molar-refractivity contribution is 5.99. The number of allylic oxidation sites excluding steroid dienone is 2. The first-order chi connectivity index (χ1) is 29.1. The molecule has 0 aromatic heterocycles. The van der Waals surface area contributed by atoms with Crippen LogP contribution in [0.2, 0.25) is 0 Å². The first-order valence-electron chi connectivity index (χ1n) is 20.1. The fraction of sp³-hybridized carbons (Fsp3) is 0.0364. The van der Waals surface area contributed by atoms with Gasteiger partial charge in [0.2, 0.25) is 0 Å². The van der Waals surface area contributed by atoms with Gasteiger partial charge < -0.3 is 15.8 Å². The van der Waals surface area contributed by atoms with Crippen LogP contribution in [-0.4, -0.2) is 12.0 Å². The molecule has 280 valence electrons. The van der Waals surface area contributed by atoms with Gasteiger partial charge in [-0.1, -0.05) is 176 Å². The van der Waals surface area contributed by atoms with Crippen LogP contribution in [0, 0.1) is 0 Å². The van der Waals surface area contributed by atoms with Crippen molar-refractivity contribution in [1.82, 2.24) is 5.32 Å². The zero-order valence-corrected chi connectivity index (χ0v) is 32.2. The minimum absolute atomic E-state index is 0.330. The molecule has 0 saturated carbocycles. The van der Waals surface area contributed by atoms with Crippen LogP contribution < -0.4 is 15.8 Å². The molecule has 2 aliphatic heterocycles. The summed E-state index contributed by atoms with van der Waals surface area (Å²) >= 11 is 0. The third-order valence-electron chi connectivity index (χ3n) is 12.0. The van der Waals surface area contributed by atoms with Crippen molar-refractivity contribution in [2.45, 2.75) is 11.6 Å². The van der Waals surface area contributed by atoms with E-state index in [1.807, 2.05) is 18.3 Å². The van der Waals surface area contributed by atoms with Gasteiger partial charge in [0.25, 0.3) is 0 Å². The van der Waals surface area contributed by atoms with Crippen molar-refractivity contribution >= 4 is 17.0 Å². The van der Waals surface area contributed by atoms with Crippen LogP contribution in [0.4, 0.5) is 0 Å². The van der Waals surface area contributed by atoms with Gasteiger partial charge >= 0.3 is 0 Å². The Hall–Kier alpha value is -7.69. The number of nitrogens with two attached hydrogens (primary N) is 1. The SMILES string of the molecule is NC(=NC1NC=C(c2ccccc2)C=C1c1ccccc1)c1ccc(-c2cccc(-c3ccc4c(c3)C3(c5ccccc5Oc5ccccc53)c3ccccc3-4)c2)cc1. The zero-order valence-electron chi connectivity index (χ0n) is 32.2. The number of rotatable bonds is 6. The second-order valence-electron chi connectivity index (χ2n) is 15.3. The van der Waals surface area contributed by atoms with Gasteiger partial charge in [-0.3, -0.25) is 0 Å². The Labute approximate surface area is 344 Å². The number of nitrogens with zero attached hydrogens (tertiary/aromatic N) is 1. The Kier molecular flexibility index (Phi) is 8.23. The van der Waals surface area contributed by atoms with E-state index in [2.05, 4.69) is 199 Å². The van der Waals surface area contributed by atoms with E-state index < -0.39 is 5.41 Å². The molecule has 59 heavy (non-hydrogen) atoms. The molecule has 11 rings (SSSR count). The minimum atomic E-state index is -0.506. The summed E-state index contributed by atoms with van der Waals surface area (Å²) in [6, 6.07) is 70.8. The number of hydrogen-bond donors (Lipinski definition) is 2. The lowest BCUT2D eigenvalue weighted by Gasteiger charge is -2.39. The third kappa shape index (κ3) is 5.72. The zero-order chi connectivity index (χ0) is 39.3. The number of dihydropyridines is 1. The van der Waals surface area contributed by atoms with Crippen molar-refractivity contribution in [1.29, 1.82) is 0 Å². The van der Waals surface area contributed by atoms with E-state index in [0.717, 1.165) is 56.0 Å². The Balaban J connectivity index is 0.926. The highest BCUT2D eigenvalue weighted by Crippen LogP contribution is 2.62. The lowest BCUT2D eigenvalue weighted by Crippen LogP contribution is -2.32. The van der Waals surface area contributed by atoms with Gasteiger partial charge in [0, 0.05) is 28.5 Å². The van der Waals surface area contributed by atoms with E-state index in [-0.39, 0.29) is 6.17 Å². The molecule has 1 aliphatic carbocycles. The van der Waals surface area contributed by atoms with E-state index in [1.54, 1.807) is 0 Å². The highest BCUT2D eigenvalue weighted by Gasteiger charge is 2.51. The Morgan fingerprint density at radius 2 is 1.02 bits per heavy atom. The predicted octanol–water partition coefficient (Wildman–Crippen LogP) is 12.2. The molecular weight excluding hydrogens is 719 g/mol. The largest absolute Gasteiger partial charge is 0.457 e. The molecule has 0 bridgehead atoms. The van der Waals surface area contributed by atoms with Gasteiger partial charge in [0.05, 0.1) is 5.41 Å². The molecule has 0 fully saturated rings. The standard InChI is InChI=1S/C55H39N3O/c56-53(58-54-46(38-16-5-2-6-17-38)33-43(35-57-54)36-14-3-1-4-15-36)39-28-26-37(27-29-39)40-18-13-19-41(32-40)42-30-31-45-44-20-7-8-21-47(44)55(50(45)34-42)48-22-9-11-24-51(48)59-52-25-12-10-23-49(52)55/h1-35,54,57H,(H2,56,58).